The molecule has 4 rings (SSSR count). The van der Waals surface area contributed by atoms with E-state index < -0.39 is 6.09 Å². The van der Waals surface area contributed by atoms with Gasteiger partial charge in [-0.05, 0) is 18.9 Å². The molecule has 1 fully saturated rings. The normalized spacial score (nSPS) is 20.7. The fraction of sp³-hybridized carbons (Fsp3) is 0.389. The predicted molar refractivity (Wildman–Crippen MR) is 96.8 cm³/mol. The minimum absolute atomic E-state index is 0.207. The van der Waals surface area contributed by atoms with Crippen molar-refractivity contribution in [1.82, 2.24) is 9.88 Å². The molecule has 0 bridgehead atoms. The zero-order valence-corrected chi connectivity index (χ0v) is 14.9. The molecule has 2 aliphatic heterocycles. The number of hydrogen-bond acceptors (Lipinski definition) is 6. The maximum absolute atomic E-state index is 11.0. The Labute approximate surface area is 154 Å². The summed E-state index contributed by atoms with van der Waals surface area (Å²) in [6, 6.07) is 7.11. The standard InChI is InChI=1S/C18H19N3O4S/c22-15-4-2-1-3-12(15)16-9-13(20-25-16)14-10-26-17(19-14)11-5-7-21(8-6-11)18(23)24/h1-4,10-11,16,22H,5-9H2,(H,23,24). The average molecular weight is 373 g/mol. The highest BCUT2D eigenvalue weighted by molar-refractivity contribution is 7.10. The van der Waals surface area contributed by atoms with Crippen LogP contribution in [0.4, 0.5) is 4.79 Å². The lowest BCUT2D eigenvalue weighted by Crippen LogP contribution is -2.36. The third kappa shape index (κ3) is 3.24. The van der Waals surface area contributed by atoms with Gasteiger partial charge in [-0.2, -0.15) is 0 Å². The van der Waals surface area contributed by atoms with Gasteiger partial charge in [0.15, 0.2) is 6.10 Å². The van der Waals surface area contributed by atoms with Crippen molar-refractivity contribution in [2.45, 2.75) is 31.3 Å². The lowest BCUT2D eigenvalue weighted by Gasteiger charge is -2.28. The van der Waals surface area contributed by atoms with Gasteiger partial charge in [0.05, 0.1) is 10.7 Å². The first kappa shape index (κ1) is 16.8. The van der Waals surface area contributed by atoms with Crippen molar-refractivity contribution in [3.63, 3.8) is 0 Å². The minimum atomic E-state index is -0.851. The zero-order chi connectivity index (χ0) is 18.1. The van der Waals surface area contributed by atoms with Gasteiger partial charge in [-0.15, -0.1) is 11.3 Å². The number of benzene rings is 1. The van der Waals surface area contributed by atoms with Gasteiger partial charge in [0, 0.05) is 36.4 Å². The second-order valence-corrected chi connectivity index (χ2v) is 7.40. The Balaban J connectivity index is 1.41. The number of phenols is 1. The van der Waals surface area contributed by atoms with E-state index in [1.165, 1.54) is 4.90 Å². The molecule has 0 aliphatic carbocycles. The van der Waals surface area contributed by atoms with Gasteiger partial charge in [0.25, 0.3) is 0 Å². The summed E-state index contributed by atoms with van der Waals surface area (Å²) < 4.78 is 0. The van der Waals surface area contributed by atoms with Crippen molar-refractivity contribution < 1.29 is 19.8 Å². The molecule has 136 valence electrons. The number of aromatic nitrogens is 1. The number of likely N-dealkylation sites (tertiary alicyclic amines) is 1. The Morgan fingerprint density at radius 3 is 2.77 bits per heavy atom. The number of nitrogens with zero attached hydrogens (tertiary/aromatic N) is 3. The summed E-state index contributed by atoms with van der Waals surface area (Å²) in [6.45, 7) is 1.10. The molecule has 26 heavy (non-hydrogen) atoms. The van der Waals surface area contributed by atoms with E-state index in [1.54, 1.807) is 23.5 Å². The van der Waals surface area contributed by atoms with Crippen LogP contribution in [0.15, 0.2) is 34.8 Å². The first-order valence-corrected chi connectivity index (χ1v) is 9.44. The van der Waals surface area contributed by atoms with Crippen molar-refractivity contribution in [3.05, 3.63) is 45.9 Å². The molecule has 1 amide bonds. The van der Waals surface area contributed by atoms with Crippen molar-refractivity contribution in [3.8, 4) is 5.75 Å². The van der Waals surface area contributed by atoms with Crippen molar-refractivity contribution in [1.29, 1.82) is 0 Å². The van der Waals surface area contributed by atoms with Gasteiger partial charge in [0.2, 0.25) is 0 Å². The number of carboxylic acid groups (broad SMARTS) is 1. The Bertz CT molecular complexity index is 842. The predicted octanol–water partition coefficient (Wildman–Crippen LogP) is 3.57. The van der Waals surface area contributed by atoms with Crippen LogP contribution in [0.5, 0.6) is 5.75 Å². The van der Waals surface area contributed by atoms with Gasteiger partial charge in [0.1, 0.15) is 11.5 Å². The number of hydrogen-bond donors (Lipinski definition) is 2. The second kappa shape index (κ2) is 6.95. The first-order valence-electron chi connectivity index (χ1n) is 8.56. The second-order valence-electron chi connectivity index (χ2n) is 6.51. The largest absolute Gasteiger partial charge is 0.508 e. The summed E-state index contributed by atoms with van der Waals surface area (Å²) in [7, 11) is 0. The van der Waals surface area contributed by atoms with Gasteiger partial charge >= 0.3 is 6.09 Å². The highest BCUT2D eigenvalue weighted by Crippen LogP contribution is 2.36. The van der Waals surface area contributed by atoms with E-state index >= 15 is 0 Å². The van der Waals surface area contributed by atoms with E-state index in [0.29, 0.717) is 25.4 Å². The van der Waals surface area contributed by atoms with Gasteiger partial charge in [-0.25, -0.2) is 9.78 Å². The van der Waals surface area contributed by atoms with Crippen LogP contribution in [-0.4, -0.2) is 45.0 Å². The molecule has 2 aromatic rings. The molecule has 1 aromatic carbocycles. The number of rotatable bonds is 3. The van der Waals surface area contributed by atoms with Crippen molar-refractivity contribution >= 4 is 23.1 Å². The van der Waals surface area contributed by atoms with E-state index in [-0.39, 0.29) is 11.9 Å². The van der Waals surface area contributed by atoms with Crippen LogP contribution in [0, 0.1) is 0 Å². The Hall–Kier alpha value is -2.61. The van der Waals surface area contributed by atoms with Crippen LogP contribution in [0.1, 0.15) is 47.5 Å². The first-order chi connectivity index (χ1) is 12.6. The Kier molecular flexibility index (Phi) is 4.50. The number of oxime groups is 1. The van der Waals surface area contributed by atoms with Gasteiger partial charge < -0.3 is 20.0 Å². The van der Waals surface area contributed by atoms with Crippen LogP contribution < -0.4 is 0 Å². The number of amides is 1. The third-order valence-corrected chi connectivity index (χ3v) is 5.89. The fourth-order valence-electron chi connectivity index (χ4n) is 3.38. The molecule has 0 saturated carbocycles. The molecule has 1 saturated heterocycles. The number of carbonyl (C=O) groups is 1. The van der Waals surface area contributed by atoms with Crippen LogP contribution in [0.3, 0.4) is 0 Å². The van der Waals surface area contributed by atoms with Crippen LogP contribution in [0.25, 0.3) is 0 Å². The van der Waals surface area contributed by atoms with Crippen LogP contribution in [-0.2, 0) is 4.84 Å². The lowest BCUT2D eigenvalue weighted by atomic mass is 9.98. The number of phenolic OH excluding ortho intramolecular Hbond substituents is 1. The molecule has 7 nitrogen and oxygen atoms in total. The van der Waals surface area contributed by atoms with E-state index in [4.69, 9.17) is 14.9 Å². The summed E-state index contributed by atoms with van der Waals surface area (Å²) in [5.41, 5.74) is 2.31. The summed E-state index contributed by atoms with van der Waals surface area (Å²) in [6.07, 6.45) is 1.01. The smallest absolute Gasteiger partial charge is 0.407 e. The van der Waals surface area contributed by atoms with Gasteiger partial charge in [-0.3, -0.25) is 0 Å². The molecular weight excluding hydrogens is 354 g/mol. The molecule has 2 aliphatic rings. The summed E-state index contributed by atoms with van der Waals surface area (Å²) in [5.74, 6) is 0.499. The lowest BCUT2D eigenvalue weighted by molar-refractivity contribution is 0.0838. The van der Waals surface area contributed by atoms with E-state index in [1.807, 2.05) is 17.5 Å². The van der Waals surface area contributed by atoms with E-state index in [2.05, 4.69) is 5.16 Å². The fourth-order valence-corrected chi connectivity index (χ4v) is 4.38. The molecular formula is C18H19N3O4S. The quantitative estimate of drug-likeness (QED) is 0.857. The van der Waals surface area contributed by atoms with Crippen molar-refractivity contribution in [2.24, 2.45) is 5.16 Å². The topological polar surface area (TPSA) is 95.2 Å². The average Bonchev–Trinajstić information content (AvgIpc) is 3.32. The third-order valence-electron chi connectivity index (χ3n) is 4.88. The zero-order valence-electron chi connectivity index (χ0n) is 14.0. The summed E-state index contributed by atoms with van der Waals surface area (Å²) >= 11 is 1.59. The monoisotopic (exact) mass is 373 g/mol. The van der Waals surface area contributed by atoms with Crippen molar-refractivity contribution in [2.75, 3.05) is 13.1 Å². The molecule has 3 heterocycles. The Morgan fingerprint density at radius 2 is 2.04 bits per heavy atom. The number of piperidine rings is 1. The molecule has 0 radical (unpaired) electrons. The highest BCUT2D eigenvalue weighted by Gasteiger charge is 2.29. The van der Waals surface area contributed by atoms with Crippen LogP contribution >= 0.6 is 11.3 Å². The van der Waals surface area contributed by atoms with Gasteiger partial charge in [-0.1, -0.05) is 23.4 Å². The summed E-state index contributed by atoms with van der Waals surface area (Å²) in [5, 5.41) is 26.2. The minimum Gasteiger partial charge on any atom is -0.508 e. The molecule has 2 N–H and O–H groups in total. The molecule has 8 heteroatoms. The highest BCUT2D eigenvalue weighted by atomic mass is 32.1. The number of thiazole rings is 1. The molecule has 1 atom stereocenters. The van der Waals surface area contributed by atoms with Crippen LogP contribution in [0.2, 0.25) is 0 Å². The Morgan fingerprint density at radius 1 is 1.27 bits per heavy atom. The summed E-state index contributed by atoms with van der Waals surface area (Å²) in [4.78, 5) is 22.7. The maximum atomic E-state index is 11.0. The number of aromatic hydroxyl groups is 1. The molecule has 0 spiro atoms. The van der Waals surface area contributed by atoms with E-state index in [9.17, 15) is 9.90 Å². The molecule has 1 unspecified atom stereocenters. The number of para-hydroxylation sites is 1. The SMILES string of the molecule is O=C(O)N1CCC(c2nc(C3=NOC(c4ccccc4O)C3)cs2)CC1. The van der Waals surface area contributed by atoms with E-state index in [0.717, 1.165) is 34.8 Å². The molecule has 1 aromatic heterocycles. The maximum Gasteiger partial charge on any atom is 0.407 e.